The van der Waals surface area contributed by atoms with Gasteiger partial charge < -0.3 is 10.1 Å². The van der Waals surface area contributed by atoms with Crippen LogP contribution in [0.15, 0.2) is 18.2 Å². The van der Waals surface area contributed by atoms with E-state index in [0.29, 0.717) is 26.1 Å². The van der Waals surface area contributed by atoms with Gasteiger partial charge in [0.15, 0.2) is 0 Å². The first-order chi connectivity index (χ1) is 9.97. The predicted molar refractivity (Wildman–Crippen MR) is 74.0 cm³/mol. The predicted octanol–water partition coefficient (Wildman–Crippen LogP) is 2.25. The third kappa shape index (κ3) is 3.48. The van der Waals surface area contributed by atoms with Crippen LogP contribution in [0.1, 0.15) is 23.2 Å². The molecular weight excluding hydrogens is 303 g/mol. The first kappa shape index (κ1) is 15.7. The standard InChI is InChI=1S/C13H14ClFN2O4/c14-8-13(3-5-21-6-4-13)16-12(18)10-7-9(15)1-2-11(10)17(19)20/h1-2,7H,3-6,8H2,(H,16,18). The van der Waals surface area contributed by atoms with Gasteiger partial charge in [-0.1, -0.05) is 0 Å². The molecule has 1 N–H and O–H groups in total. The van der Waals surface area contributed by atoms with Crippen molar-refractivity contribution in [3.05, 3.63) is 39.7 Å². The van der Waals surface area contributed by atoms with Gasteiger partial charge in [-0.2, -0.15) is 0 Å². The Morgan fingerprint density at radius 3 is 2.71 bits per heavy atom. The number of amides is 1. The summed E-state index contributed by atoms with van der Waals surface area (Å²) in [5.41, 5.74) is -1.43. The first-order valence-electron chi connectivity index (χ1n) is 6.38. The summed E-state index contributed by atoms with van der Waals surface area (Å²) in [4.78, 5) is 22.5. The number of halogens is 2. The summed E-state index contributed by atoms with van der Waals surface area (Å²) in [6.45, 7) is 0.885. The molecule has 21 heavy (non-hydrogen) atoms. The van der Waals surface area contributed by atoms with Crippen molar-refractivity contribution in [3.8, 4) is 0 Å². The van der Waals surface area contributed by atoms with E-state index in [9.17, 15) is 19.3 Å². The number of nitro groups is 1. The van der Waals surface area contributed by atoms with Crippen molar-refractivity contribution in [1.82, 2.24) is 5.32 Å². The second kappa shape index (κ2) is 6.36. The number of carbonyl (C=O) groups excluding carboxylic acids is 1. The zero-order chi connectivity index (χ0) is 15.5. The summed E-state index contributed by atoms with van der Waals surface area (Å²) in [5.74, 6) is -1.26. The Morgan fingerprint density at radius 1 is 1.48 bits per heavy atom. The van der Waals surface area contributed by atoms with Crippen molar-refractivity contribution in [2.75, 3.05) is 19.1 Å². The van der Waals surface area contributed by atoms with E-state index >= 15 is 0 Å². The molecule has 0 spiro atoms. The number of hydrogen-bond donors (Lipinski definition) is 1. The second-order valence-electron chi connectivity index (χ2n) is 4.90. The first-order valence-corrected chi connectivity index (χ1v) is 6.91. The van der Waals surface area contributed by atoms with Crippen molar-refractivity contribution >= 4 is 23.2 Å². The molecule has 0 radical (unpaired) electrons. The Bertz CT molecular complexity index is 561. The van der Waals surface area contributed by atoms with Crippen LogP contribution in [0.25, 0.3) is 0 Å². The number of nitrogens with zero attached hydrogens (tertiary/aromatic N) is 1. The molecule has 2 rings (SSSR count). The molecule has 8 heteroatoms. The van der Waals surface area contributed by atoms with E-state index in [1.165, 1.54) is 0 Å². The van der Waals surface area contributed by atoms with Crippen molar-refractivity contribution in [2.45, 2.75) is 18.4 Å². The van der Waals surface area contributed by atoms with Gasteiger partial charge in [0.1, 0.15) is 11.4 Å². The average Bonchev–Trinajstić information content (AvgIpc) is 2.47. The molecule has 1 aromatic rings. The fourth-order valence-corrected chi connectivity index (χ4v) is 2.55. The number of ether oxygens (including phenoxy) is 1. The third-order valence-corrected chi connectivity index (χ3v) is 4.00. The smallest absolute Gasteiger partial charge is 0.282 e. The lowest BCUT2D eigenvalue weighted by atomic mass is 9.91. The van der Waals surface area contributed by atoms with Crippen LogP contribution in [0.4, 0.5) is 10.1 Å². The molecular formula is C13H14ClFN2O4. The molecule has 1 aromatic carbocycles. The largest absolute Gasteiger partial charge is 0.381 e. The van der Waals surface area contributed by atoms with E-state index in [-0.39, 0.29) is 11.4 Å². The number of rotatable bonds is 4. The van der Waals surface area contributed by atoms with Gasteiger partial charge in [-0.25, -0.2) is 4.39 Å². The lowest BCUT2D eigenvalue weighted by Gasteiger charge is -2.36. The zero-order valence-corrected chi connectivity index (χ0v) is 11.9. The van der Waals surface area contributed by atoms with Gasteiger partial charge in [-0.05, 0) is 25.0 Å². The highest BCUT2D eigenvalue weighted by Gasteiger charge is 2.35. The van der Waals surface area contributed by atoms with Crippen LogP contribution in [0, 0.1) is 15.9 Å². The van der Waals surface area contributed by atoms with E-state index in [4.69, 9.17) is 16.3 Å². The van der Waals surface area contributed by atoms with E-state index < -0.39 is 27.9 Å². The van der Waals surface area contributed by atoms with Crippen molar-refractivity contribution in [1.29, 1.82) is 0 Å². The van der Waals surface area contributed by atoms with Gasteiger partial charge in [0.25, 0.3) is 11.6 Å². The molecule has 0 aliphatic carbocycles. The van der Waals surface area contributed by atoms with Crippen molar-refractivity contribution in [3.63, 3.8) is 0 Å². The summed E-state index contributed by atoms with van der Waals surface area (Å²) in [7, 11) is 0. The van der Waals surface area contributed by atoms with Gasteiger partial charge in [-0.3, -0.25) is 14.9 Å². The van der Waals surface area contributed by atoms with E-state index in [1.54, 1.807) is 0 Å². The van der Waals surface area contributed by atoms with Crippen LogP contribution < -0.4 is 5.32 Å². The maximum atomic E-state index is 13.3. The Labute approximate surface area is 125 Å². The van der Waals surface area contributed by atoms with E-state index in [1.807, 2.05) is 0 Å². The van der Waals surface area contributed by atoms with Crippen LogP contribution in [0.5, 0.6) is 0 Å². The molecule has 0 bridgehead atoms. The summed E-state index contributed by atoms with van der Waals surface area (Å²) >= 11 is 5.92. The van der Waals surface area contributed by atoms with Crippen molar-refractivity contribution in [2.24, 2.45) is 0 Å². The van der Waals surface area contributed by atoms with E-state index in [2.05, 4.69) is 5.32 Å². The quantitative estimate of drug-likeness (QED) is 0.525. The monoisotopic (exact) mass is 316 g/mol. The van der Waals surface area contributed by atoms with Gasteiger partial charge in [-0.15, -0.1) is 11.6 Å². The Balaban J connectivity index is 2.27. The molecule has 1 aliphatic rings. The highest BCUT2D eigenvalue weighted by atomic mass is 35.5. The molecule has 1 saturated heterocycles. The molecule has 1 amide bonds. The molecule has 0 atom stereocenters. The molecule has 1 aliphatic heterocycles. The average molecular weight is 317 g/mol. The molecule has 114 valence electrons. The van der Waals surface area contributed by atoms with Gasteiger partial charge in [0, 0.05) is 25.2 Å². The fraction of sp³-hybridized carbons (Fsp3) is 0.462. The maximum Gasteiger partial charge on any atom is 0.282 e. The molecule has 6 nitrogen and oxygen atoms in total. The number of alkyl halides is 1. The second-order valence-corrected chi connectivity index (χ2v) is 5.17. The minimum Gasteiger partial charge on any atom is -0.381 e. The molecule has 0 unspecified atom stereocenters. The Hall–Kier alpha value is -1.73. The van der Waals surface area contributed by atoms with Crippen LogP contribution in [0.2, 0.25) is 0 Å². The van der Waals surface area contributed by atoms with Crippen molar-refractivity contribution < 1.29 is 18.8 Å². The topological polar surface area (TPSA) is 81.5 Å². The number of nitro benzene ring substituents is 1. The minimum absolute atomic E-state index is 0.158. The normalized spacial score (nSPS) is 17.2. The lowest BCUT2D eigenvalue weighted by molar-refractivity contribution is -0.385. The minimum atomic E-state index is -0.717. The Morgan fingerprint density at radius 2 is 2.14 bits per heavy atom. The number of carbonyl (C=O) groups is 1. The number of hydrogen-bond acceptors (Lipinski definition) is 4. The summed E-state index contributed by atoms with van der Waals surface area (Å²) in [5, 5.41) is 13.6. The van der Waals surface area contributed by atoms with Crippen LogP contribution in [0.3, 0.4) is 0 Å². The molecule has 1 fully saturated rings. The summed E-state index contributed by atoms with van der Waals surface area (Å²) < 4.78 is 18.5. The van der Waals surface area contributed by atoms with Crippen LogP contribution >= 0.6 is 11.6 Å². The summed E-state index contributed by atoms with van der Waals surface area (Å²) in [6.07, 6.45) is 1.01. The molecule has 1 heterocycles. The highest BCUT2D eigenvalue weighted by Crippen LogP contribution is 2.25. The lowest BCUT2D eigenvalue weighted by Crippen LogP contribution is -2.53. The highest BCUT2D eigenvalue weighted by molar-refractivity contribution is 6.19. The van der Waals surface area contributed by atoms with Gasteiger partial charge in [0.05, 0.1) is 10.5 Å². The van der Waals surface area contributed by atoms with Gasteiger partial charge in [0.2, 0.25) is 0 Å². The SMILES string of the molecule is O=C(NC1(CCl)CCOCC1)c1cc(F)ccc1[N+](=O)[O-]. The summed E-state index contributed by atoms with van der Waals surface area (Å²) in [6, 6.07) is 2.77. The fourth-order valence-electron chi connectivity index (χ4n) is 2.21. The third-order valence-electron chi connectivity index (χ3n) is 3.48. The van der Waals surface area contributed by atoms with Gasteiger partial charge >= 0.3 is 0 Å². The van der Waals surface area contributed by atoms with Crippen LogP contribution in [-0.4, -0.2) is 35.5 Å². The number of benzene rings is 1. The molecule has 0 saturated carbocycles. The molecule has 0 aromatic heterocycles. The van der Waals surface area contributed by atoms with Crippen LogP contribution in [-0.2, 0) is 4.74 Å². The maximum absolute atomic E-state index is 13.3. The Kier molecular flexibility index (Phi) is 4.74. The number of nitrogens with one attached hydrogen (secondary N) is 1. The zero-order valence-electron chi connectivity index (χ0n) is 11.1. The van der Waals surface area contributed by atoms with E-state index in [0.717, 1.165) is 18.2 Å².